The average molecular weight is 305 g/mol. The number of ether oxygens (including phenoxy) is 1. The van der Waals surface area contributed by atoms with Crippen LogP contribution in [0, 0.1) is 12.3 Å². The predicted octanol–water partition coefficient (Wildman–Crippen LogP) is 3.89. The molecule has 3 nitrogen and oxygen atoms in total. The highest BCUT2D eigenvalue weighted by atomic mass is 16.6. The quantitative estimate of drug-likeness (QED) is 0.802. The van der Waals surface area contributed by atoms with Gasteiger partial charge in [-0.2, -0.15) is 0 Å². The second-order valence-electron chi connectivity index (χ2n) is 5.68. The zero-order valence-corrected chi connectivity index (χ0v) is 13.2. The first-order chi connectivity index (χ1) is 11.2. The van der Waals surface area contributed by atoms with Crippen LogP contribution < -0.4 is 0 Å². The van der Waals surface area contributed by atoms with Crippen LogP contribution in [-0.2, 0) is 4.74 Å². The molecule has 0 atom stereocenters. The van der Waals surface area contributed by atoms with Gasteiger partial charge in [-0.25, -0.2) is 4.79 Å². The van der Waals surface area contributed by atoms with Crippen molar-refractivity contribution in [3.8, 4) is 23.5 Å². The first-order valence-electron chi connectivity index (χ1n) is 7.72. The number of fused-ring (bicyclic) bond motifs is 3. The highest BCUT2D eigenvalue weighted by Crippen LogP contribution is 2.44. The molecule has 0 saturated heterocycles. The number of benzene rings is 2. The zero-order valence-electron chi connectivity index (χ0n) is 13.2. The van der Waals surface area contributed by atoms with Crippen LogP contribution in [0.15, 0.2) is 48.5 Å². The van der Waals surface area contributed by atoms with Crippen molar-refractivity contribution in [3.63, 3.8) is 0 Å². The topological polar surface area (TPSA) is 29.5 Å². The van der Waals surface area contributed by atoms with Crippen molar-refractivity contribution in [1.82, 2.24) is 4.90 Å². The number of rotatable bonds is 4. The van der Waals surface area contributed by atoms with E-state index in [0.29, 0.717) is 19.6 Å². The van der Waals surface area contributed by atoms with Gasteiger partial charge in [-0.1, -0.05) is 48.5 Å². The Labute approximate surface area is 136 Å². The fourth-order valence-electron chi connectivity index (χ4n) is 3.03. The maximum atomic E-state index is 12.1. The van der Waals surface area contributed by atoms with E-state index >= 15 is 0 Å². The van der Waals surface area contributed by atoms with Crippen LogP contribution in [0.4, 0.5) is 4.79 Å². The van der Waals surface area contributed by atoms with Gasteiger partial charge in [-0.15, -0.1) is 12.3 Å². The minimum absolute atomic E-state index is 0.0902. The van der Waals surface area contributed by atoms with E-state index in [1.54, 1.807) is 7.05 Å². The minimum Gasteiger partial charge on any atom is -0.448 e. The van der Waals surface area contributed by atoms with Gasteiger partial charge in [0.15, 0.2) is 0 Å². The summed E-state index contributed by atoms with van der Waals surface area (Å²) in [5.41, 5.74) is 4.88. The highest BCUT2D eigenvalue weighted by Gasteiger charge is 2.29. The van der Waals surface area contributed by atoms with E-state index in [9.17, 15) is 4.79 Å². The van der Waals surface area contributed by atoms with Crippen molar-refractivity contribution in [2.45, 2.75) is 12.3 Å². The molecular weight excluding hydrogens is 286 g/mol. The Kier molecular flexibility index (Phi) is 4.34. The molecule has 0 aromatic heterocycles. The molecule has 0 unspecified atom stereocenters. The summed E-state index contributed by atoms with van der Waals surface area (Å²) in [7, 11) is 1.70. The number of carbonyl (C=O) groups is 1. The number of hydrogen-bond donors (Lipinski definition) is 0. The summed E-state index contributed by atoms with van der Waals surface area (Å²) in [6.45, 7) is 0.848. The standard InChI is InChI=1S/C20H19NO2/c1-3-4-13-21(2)20(22)23-14-19-17-11-7-5-9-15(17)16-10-6-8-12-18(16)19/h1,5-12,19H,4,13-14H2,2H3. The molecule has 116 valence electrons. The zero-order chi connectivity index (χ0) is 16.2. The third-order valence-electron chi connectivity index (χ3n) is 4.24. The Balaban J connectivity index is 1.76. The number of terminal acetylenes is 1. The molecule has 2 aromatic carbocycles. The summed E-state index contributed by atoms with van der Waals surface area (Å²) in [6, 6.07) is 16.6. The van der Waals surface area contributed by atoms with Gasteiger partial charge < -0.3 is 9.64 Å². The van der Waals surface area contributed by atoms with Gasteiger partial charge in [0.05, 0.1) is 0 Å². The Morgan fingerprint density at radius 2 is 1.70 bits per heavy atom. The molecule has 0 heterocycles. The lowest BCUT2D eigenvalue weighted by Gasteiger charge is -2.19. The smallest absolute Gasteiger partial charge is 0.409 e. The monoisotopic (exact) mass is 305 g/mol. The number of nitrogens with zero attached hydrogens (tertiary/aromatic N) is 1. The van der Waals surface area contributed by atoms with Crippen molar-refractivity contribution >= 4 is 6.09 Å². The van der Waals surface area contributed by atoms with E-state index in [1.165, 1.54) is 27.2 Å². The largest absolute Gasteiger partial charge is 0.448 e. The molecule has 0 radical (unpaired) electrons. The van der Waals surface area contributed by atoms with Crippen LogP contribution in [0.5, 0.6) is 0 Å². The van der Waals surface area contributed by atoms with Gasteiger partial charge in [-0.3, -0.25) is 0 Å². The summed E-state index contributed by atoms with van der Waals surface area (Å²) < 4.78 is 5.52. The normalized spacial score (nSPS) is 12.2. The first kappa shape index (κ1) is 15.2. The van der Waals surface area contributed by atoms with E-state index in [-0.39, 0.29) is 12.0 Å². The van der Waals surface area contributed by atoms with Gasteiger partial charge in [0, 0.05) is 25.9 Å². The number of hydrogen-bond acceptors (Lipinski definition) is 2. The Bertz CT molecular complexity index is 715. The van der Waals surface area contributed by atoms with E-state index in [4.69, 9.17) is 11.2 Å². The average Bonchev–Trinajstić information content (AvgIpc) is 2.91. The van der Waals surface area contributed by atoms with Gasteiger partial charge in [-0.05, 0) is 22.3 Å². The Morgan fingerprint density at radius 3 is 2.26 bits per heavy atom. The van der Waals surface area contributed by atoms with Crippen LogP contribution in [0.3, 0.4) is 0 Å². The Morgan fingerprint density at radius 1 is 1.13 bits per heavy atom. The van der Waals surface area contributed by atoms with Crippen molar-refractivity contribution in [3.05, 3.63) is 59.7 Å². The number of carbonyl (C=O) groups excluding carboxylic acids is 1. The van der Waals surface area contributed by atoms with Crippen molar-refractivity contribution in [2.24, 2.45) is 0 Å². The lowest BCUT2D eigenvalue weighted by molar-refractivity contribution is 0.109. The Hall–Kier alpha value is -2.73. The summed E-state index contributed by atoms with van der Waals surface area (Å²) in [6.07, 6.45) is 5.42. The van der Waals surface area contributed by atoms with E-state index in [0.717, 1.165) is 0 Å². The lowest BCUT2D eigenvalue weighted by atomic mass is 9.98. The van der Waals surface area contributed by atoms with E-state index < -0.39 is 0 Å². The summed E-state index contributed by atoms with van der Waals surface area (Å²) in [5.74, 6) is 2.62. The van der Waals surface area contributed by atoms with Crippen molar-refractivity contribution in [2.75, 3.05) is 20.2 Å². The second kappa shape index (κ2) is 6.58. The predicted molar refractivity (Wildman–Crippen MR) is 91.1 cm³/mol. The highest BCUT2D eigenvalue weighted by molar-refractivity contribution is 5.79. The summed E-state index contributed by atoms with van der Waals surface area (Å²) in [5, 5.41) is 0. The minimum atomic E-state index is -0.331. The third-order valence-corrected chi connectivity index (χ3v) is 4.24. The summed E-state index contributed by atoms with van der Waals surface area (Å²) in [4.78, 5) is 13.6. The van der Waals surface area contributed by atoms with E-state index in [2.05, 4.69) is 30.2 Å². The van der Waals surface area contributed by atoms with Gasteiger partial charge in [0.1, 0.15) is 6.61 Å². The van der Waals surface area contributed by atoms with Gasteiger partial charge in [0.2, 0.25) is 0 Å². The SMILES string of the molecule is C#CCCN(C)C(=O)OCC1c2ccccc2-c2ccccc21. The lowest BCUT2D eigenvalue weighted by Crippen LogP contribution is -2.29. The van der Waals surface area contributed by atoms with Crippen LogP contribution in [0.25, 0.3) is 11.1 Å². The van der Waals surface area contributed by atoms with Crippen molar-refractivity contribution in [1.29, 1.82) is 0 Å². The molecule has 2 aromatic rings. The first-order valence-corrected chi connectivity index (χ1v) is 7.72. The molecule has 3 heteroatoms. The van der Waals surface area contributed by atoms with E-state index in [1.807, 2.05) is 24.3 Å². The van der Waals surface area contributed by atoms with Crippen LogP contribution in [0.2, 0.25) is 0 Å². The third kappa shape index (κ3) is 2.93. The maximum Gasteiger partial charge on any atom is 0.409 e. The molecule has 1 amide bonds. The molecule has 23 heavy (non-hydrogen) atoms. The number of amides is 1. The molecule has 1 aliphatic carbocycles. The molecule has 1 aliphatic rings. The van der Waals surface area contributed by atoms with Gasteiger partial charge in [0.25, 0.3) is 0 Å². The molecule has 0 saturated carbocycles. The van der Waals surface area contributed by atoms with Gasteiger partial charge >= 0.3 is 6.09 Å². The second-order valence-corrected chi connectivity index (χ2v) is 5.68. The molecule has 0 spiro atoms. The molecule has 0 bridgehead atoms. The summed E-state index contributed by atoms with van der Waals surface area (Å²) >= 11 is 0. The molecule has 3 rings (SSSR count). The van der Waals surface area contributed by atoms with Crippen LogP contribution in [-0.4, -0.2) is 31.2 Å². The van der Waals surface area contributed by atoms with Crippen LogP contribution >= 0.6 is 0 Å². The fraction of sp³-hybridized carbons (Fsp3) is 0.250. The maximum absolute atomic E-state index is 12.1. The molecule has 0 fully saturated rings. The molecule has 0 N–H and O–H groups in total. The van der Waals surface area contributed by atoms with Crippen LogP contribution in [0.1, 0.15) is 23.5 Å². The molecule has 0 aliphatic heterocycles. The fourth-order valence-corrected chi connectivity index (χ4v) is 3.03. The van der Waals surface area contributed by atoms with Crippen molar-refractivity contribution < 1.29 is 9.53 Å². The molecular formula is C20H19NO2.